The normalized spacial score (nSPS) is 11.1. The van der Waals surface area contributed by atoms with Crippen molar-refractivity contribution in [3.63, 3.8) is 0 Å². The van der Waals surface area contributed by atoms with Gasteiger partial charge in [0.1, 0.15) is 34.3 Å². The molecule has 0 spiro atoms. The summed E-state index contributed by atoms with van der Waals surface area (Å²) in [5.41, 5.74) is -0.243. The molecule has 138 valence electrons. The van der Waals surface area contributed by atoms with Gasteiger partial charge in [0.15, 0.2) is 5.57 Å². The molecular formula is C20H10F3N3OS. The third kappa shape index (κ3) is 3.88. The molecule has 0 N–H and O–H groups in total. The van der Waals surface area contributed by atoms with Crippen LogP contribution in [-0.4, -0.2) is 4.57 Å². The summed E-state index contributed by atoms with van der Waals surface area (Å²) in [4.78, 5) is 12.8. The van der Waals surface area contributed by atoms with E-state index in [9.17, 15) is 28.5 Å². The summed E-state index contributed by atoms with van der Waals surface area (Å²) in [5, 5.41) is 18.4. The molecule has 0 amide bonds. The Morgan fingerprint density at radius 2 is 1.68 bits per heavy atom. The molecule has 3 aromatic rings. The number of nitriles is 2. The van der Waals surface area contributed by atoms with E-state index in [1.807, 2.05) is 0 Å². The molecule has 0 saturated heterocycles. The number of hydrogen-bond donors (Lipinski definition) is 0. The van der Waals surface area contributed by atoms with Crippen LogP contribution in [0.3, 0.4) is 0 Å². The monoisotopic (exact) mass is 397 g/mol. The smallest absolute Gasteiger partial charge is 0.269 e. The predicted molar refractivity (Wildman–Crippen MR) is 97.9 cm³/mol. The van der Waals surface area contributed by atoms with Gasteiger partial charge in [0.05, 0.1) is 11.1 Å². The molecule has 8 heteroatoms. The Labute approximate surface area is 161 Å². The van der Waals surface area contributed by atoms with Crippen LogP contribution < -0.4 is 14.8 Å². The van der Waals surface area contributed by atoms with Crippen LogP contribution in [0.5, 0.6) is 0 Å². The minimum absolute atomic E-state index is 0.00243. The van der Waals surface area contributed by atoms with E-state index >= 15 is 0 Å². The Morgan fingerprint density at radius 3 is 2.29 bits per heavy atom. The summed E-state index contributed by atoms with van der Waals surface area (Å²) >= 11 is 0.852. The van der Waals surface area contributed by atoms with Gasteiger partial charge in [-0.3, -0.25) is 9.36 Å². The molecule has 0 bridgehead atoms. The van der Waals surface area contributed by atoms with Crippen molar-refractivity contribution in [1.29, 1.82) is 10.5 Å². The maximum atomic E-state index is 13.9. The van der Waals surface area contributed by atoms with E-state index < -0.39 is 23.0 Å². The average molecular weight is 397 g/mol. The second-order valence-corrected chi connectivity index (χ2v) is 6.73. The van der Waals surface area contributed by atoms with E-state index in [0.717, 1.165) is 17.4 Å². The molecule has 0 aliphatic carbocycles. The maximum Gasteiger partial charge on any atom is 0.269 e. The molecule has 4 nitrogen and oxygen atoms in total. The minimum atomic E-state index is -0.843. The number of hydrogen-bond acceptors (Lipinski definition) is 4. The lowest BCUT2D eigenvalue weighted by molar-refractivity contribution is 0.581. The Morgan fingerprint density at radius 1 is 1.04 bits per heavy atom. The lowest BCUT2D eigenvalue weighted by atomic mass is 10.2. The van der Waals surface area contributed by atoms with E-state index in [1.54, 1.807) is 12.1 Å². The highest BCUT2D eigenvalue weighted by atomic mass is 32.1. The van der Waals surface area contributed by atoms with Crippen molar-refractivity contribution in [2.45, 2.75) is 6.54 Å². The van der Waals surface area contributed by atoms with Crippen LogP contribution in [0.4, 0.5) is 13.2 Å². The second-order valence-electron chi connectivity index (χ2n) is 5.70. The number of aromatic nitrogens is 1. The molecule has 0 aliphatic rings. The highest BCUT2D eigenvalue weighted by molar-refractivity contribution is 7.07. The largest absolute Gasteiger partial charge is 0.293 e. The van der Waals surface area contributed by atoms with Gasteiger partial charge >= 0.3 is 0 Å². The number of nitrogens with zero attached hydrogens (tertiary/aromatic N) is 3. The van der Waals surface area contributed by atoms with Gasteiger partial charge in [0.2, 0.25) is 0 Å². The fraction of sp³-hybridized carbons (Fsp3) is 0.0500. The molecule has 0 aliphatic heterocycles. The van der Waals surface area contributed by atoms with Gasteiger partial charge in [-0.25, -0.2) is 13.2 Å². The van der Waals surface area contributed by atoms with Crippen LogP contribution in [0.2, 0.25) is 0 Å². The first-order valence-corrected chi connectivity index (χ1v) is 8.70. The standard InChI is InChI=1S/C20H10F3N3OS/c21-15-4-1-12(2-5-15)11-26-19(27)18(28-20(26)14(9-24)10-25)7-13-3-6-16(22)8-17(13)23/h1-8H,11H2/b18-7+. The van der Waals surface area contributed by atoms with Crippen LogP contribution in [-0.2, 0) is 6.54 Å². The number of rotatable bonds is 3. The molecular weight excluding hydrogens is 387 g/mol. The van der Waals surface area contributed by atoms with E-state index in [-0.39, 0.29) is 26.9 Å². The van der Waals surface area contributed by atoms with Crippen molar-refractivity contribution in [3.05, 3.63) is 90.6 Å². The van der Waals surface area contributed by atoms with Gasteiger partial charge in [-0.2, -0.15) is 10.5 Å². The van der Waals surface area contributed by atoms with Crippen molar-refractivity contribution in [3.8, 4) is 12.1 Å². The molecule has 3 rings (SSSR count). The summed E-state index contributed by atoms with van der Waals surface area (Å²) in [6.45, 7) is -0.00243. The molecule has 28 heavy (non-hydrogen) atoms. The lowest BCUT2D eigenvalue weighted by Gasteiger charge is -2.02. The SMILES string of the molecule is N#CC(C#N)=c1s/c(=C/c2ccc(F)cc2F)c(=O)n1Cc1ccc(F)cc1. The Hall–Kier alpha value is -3.62. The molecule has 2 aromatic carbocycles. The van der Waals surface area contributed by atoms with Crippen molar-refractivity contribution in [2.75, 3.05) is 0 Å². The van der Waals surface area contributed by atoms with E-state index in [1.165, 1.54) is 41.0 Å². The maximum absolute atomic E-state index is 13.9. The first kappa shape index (κ1) is 19.2. The van der Waals surface area contributed by atoms with Gasteiger partial charge in [-0.15, -0.1) is 11.3 Å². The third-order valence-electron chi connectivity index (χ3n) is 3.85. The van der Waals surface area contributed by atoms with Crippen LogP contribution in [0.1, 0.15) is 11.1 Å². The quantitative estimate of drug-likeness (QED) is 0.682. The average Bonchev–Trinajstić information content (AvgIpc) is 2.96. The Balaban J connectivity index is 2.25. The van der Waals surface area contributed by atoms with Crippen LogP contribution in [0, 0.1) is 40.1 Å². The Kier molecular flexibility index (Phi) is 5.44. The fourth-order valence-corrected chi connectivity index (χ4v) is 3.54. The summed E-state index contributed by atoms with van der Waals surface area (Å²) < 4.78 is 41.5. The van der Waals surface area contributed by atoms with Crippen molar-refractivity contribution < 1.29 is 13.2 Å². The third-order valence-corrected chi connectivity index (χ3v) is 4.98. The molecule has 1 aromatic heterocycles. The second kappa shape index (κ2) is 7.95. The molecule has 0 unspecified atom stereocenters. The van der Waals surface area contributed by atoms with E-state index in [4.69, 9.17) is 0 Å². The van der Waals surface area contributed by atoms with Gasteiger partial charge in [0.25, 0.3) is 5.56 Å². The predicted octanol–water partition coefficient (Wildman–Crippen LogP) is 2.40. The van der Waals surface area contributed by atoms with Gasteiger partial charge < -0.3 is 0 Å². The zero-order valence-electron chi connectivity index (χ0n) is 14.1. The first-order valence-electron chi connectivity index (χ1n) is 7.88. The summed E-state index contributed by atoms with van der Waals surface area (Å²) in [6, 6.07) is 11.8. The van der Waals surface area contributed by atoms with Crippen molar-refractivity contribution in [1.82, 2.24) is 4.57 Å². The van der Waals surface area contributed by atoms with Crippen molar-refractivity contribution in [2.24, 2.45) is 0 Å². The molecule has 1 heterocycles. The number of benzene rings is 2. The van der Waals surface area contributed by atoms with Gasteiger partial charge in [0, 0.05) is 11.6 Å². The van der Waals surface area contributed by atoms with Crippen LogP contribution in [0.15, 0.2) is 47.3 Å². The van der Waals surface area contributed by atoms with Gasteiger partial charge in [-0.1, -0.05) is 12.1 Å². The van der Waals surface area contributed by atoms with E-state index in [2.05, 4.69) is 0 Å². The fourth-order valence-electron chi connectivity index (χ4n) is 2.50. The zero-order valence-corrected chi connectivity index (χ0v) is 14.9. The first-order chi connectivity index (χ1) is 13.4. The van der Waals surface area contributed by atoms with Gasteiger partial charge in [-0.05, 0) is 35.9 Å². The highest BCUT2D eigenvalue weighted by Gasteiger charge is 2.11. The minimum Gasteiger partial charge on any atom is -0.293 e. The highest BCUT2D eigenvalue weighted by Crippen LogP contribution is 2.10. The Bertz CT molecular complexity index is 1290. The molecule has 0 radical (unpaired) electrons. The number of halogens is 3. The van der Waals surface area contributed by atoms with Crippen LogP contribution in [0.25, 0.3) is 11.6 Å². The lowest BCUT2D eigenvalue weighted by Crippen LogP contribution is -2.32. The molecule has 0 saturated carbocycles. The molecule has 0 atom stereocenters. The number of thiazole rings is 1. The summed E-state index contributed by atoms with van der Waals surface area (Å²) in [7, 11) is 0. The zero-order chi connectivity index (χ0) is 20.3. The van der Waals surface area contributed by atoms with Crippen molar-refractivity contribution >= 4 is 23.0 Å². The summed E-state index contributed by atoms with van der Waals surface area (Å²) in [6.07, 6.45) is 1.23. The van der Waals surface area contributed by atoms with Crippen LogP contribution >= 0.6 is 11.3 Å². The topological polar surface area (TPSA) is 69.6 Å². The summed E-state index contributed by atoms with van der Waals surface area (Å²) in [5.74, 6) is -2.03. The molecule has 0 fully saturated rings. The van der Waals surface area contributed by atoms with E-state index in [0.29, 0.717) is 11.6 Å².